The number of hydrogen-bond donors (Lipinski definition) is 1. The molecule has 88 valence electrons. The molecule has 0 amide bonds. The lowest BCUT2D eigenvalue weighted by atomic mass is 10.1. The summed E-state index contributed by atoms with van der Waals surface area (Å²) in [7, 11) is 2.03. The van der Waals surface area contributed by atoms with Crippen molar-refractivity contribution >= 4 is 17.4 Å². The second kappa shape index (κ2) is 5.06. The zero-order valence-electron chi connectivity index (χ0n) is 9.45. The first-order valence-corrected chi connectivity index (χ1v) is 6.67. The van der Waals surface area contributed by atoms with Gasteiger partial charge in [0.25, 0.3) is 0 Å². The second-order valence-electron chi connectivity index (χ2n) is 4.07. The molecule has 1 atom stereocenters. The highest BCUT2D eigenvalue weighted by atomic mass is 32.2. The van der Waals surface area contributed by atoms with Crippen molar-refractivity contribution in [1.29, 1.82) is 0 Å². The predicted octanol–water partition coefficient (Wildman–Crippen LogP) is 2.23. The predicted molar refractivity (Wildman–Crippen MR) is 68.4 cm³/mol. The Balaban J connectivity index is 2.27. The fourth-order valence-corrected chi connectivity index (χ4v) is 3.37. The van der Waals surface area contributed by atoms with Crippen molar-refractivity contribution in [3.05, 3.63) is 29.6 Å². The average molecular weight is 240 g/mol. The number of thioether (sulfide) groups is 1. The van der Waals surface area contributed by atoms with Crippen molar-refractivity contribution in [3.63, 3.8) is 0 Å². The van der Waals surface area contributed by atoms with Crippen molar-refractivity contribution in [2.45, 2.75) is 19.0 Å². The van der Waals surface area contributed by atoms with E-state index in [9.17, 15) is 4.39 Å². The molecule has 1 aromatic rings. The van der Waals surface area contributed by atoms with Crippen LogP contribution in [0.2, 0.25) is 0 Å². The summed E-state index contributed by atoms with van der Waals surface area (Å²) in [6.07, 6.45) is 1.17. The van der Waals surface area contributed by atoms with E-state index in [0.717, 1.165) is 11.4 Å². The number of anilines is 1. The van der Waals surface area contributed by atoms with Crippen LogP contribution in [0.5, 0.6) is 0 Å². The minimum atomic E-state index is -0.197. The Morgan fingerprint density at radius 3 is 3.00 bits per heavy atom. The Morgan fingerprint density at radius 1 is 1.56 bits per heavy atom. The molecule has 1 fully saturated rings. The van der Waals surface area contributed by atoms with Crippen LogP contribution in [-0.4, -0.2) is 24.6 Å². The molecule has 1 heterocycles. The van der Waals surface area contributed by atoms with Gasteiger partial charge in [0.2, 0.25) is 0 Å². The van der Waals surface area contributed by atoms with E-state index in [2.05, 4.69) is 4.90 Å². The fraction of sp³-hybridized carbons (Fsp3) is 0.500. The highest BCUT2D eigenvalue weighted by Gasteiger charge is 2.22. The highest BCUT2D eigenvalue weighted by Crippen LogP contribution is 2.29. The molecule has 0 saturated carbocycles. The summed E-state index contributed by atoms with van der Waals surface area (Å²) < 4.78 is 13.6. The summed E-state index contributed by atoms with van der Waals surface area (Å²) >= 11 is 1.96. The first-order chi connectivity index (χ1) is 7.74. The molecule has 0 aliphatic carbocycles. The van der Waals surface area contributed by atoms with E-state index in [0.29, 0.717) is 11.6 Å². The van der Waals surface area contributed by atoms with E-state index in [1.807, 2.05) is 24.9 Å². The molecule has 2 nitrogen and oxygen atoms in total. The summed E-state index contributed by atoms with van der Waals surface area (Å²) in [4.78, 5) is 2.17. The van der Waals surface area contributed by atoms with E-state index in [1.54, 1.807) is 6.07 Å². The molecular formula is C12H17FN2S. The third-order valence-electron chi connectivity index (χ3n) is 3.13. The third-order valence-corrected chi connectivity index (χ3v) is 4.28. The fourth-order valence-electron chi connectivity index (χ4n) is 2.10. The summed E-state index contributed by atoms with van der Waals surface area (Å²) in [6.45, 7) is 0.256. The normalized spacial score (nSPS) is 20.1. The lowest BCUT2D eigenvalue weighted by Crippen LogP contribution is -2.32. The molecule has 1 aromatic carbocycles. The minimum absolute atomic E-state index is 0.197. The average Bonchev–Trinajstić information content (AvgIpc) is 2.81. The smallest absolute Gasteiger partial charge is 0.129 e. The van der Waals surface area contributed by atoms with Crippen molar-refractivity contribution in [1.82, 2.24) is 0 Å². The van der Waals surface area contributed by atoms with Crippen LogP contribution in [0.1, 0.15) is 12.0 Å². The van der Waals surface area contributed by atoms with Crippen molar-refractivity contribution < 1.29 is 4.39 Å². The molecule has 4 heteroatoms. The van der Waals surface area contributed by atoms with Gasteiger partial charge in [0.05, 0.1) is 0 Å². The maximum absolute atomic E-state index is 13.6. The third kappa shape index (κ3) is 2.18. The minimum Gasteiger partial charge on any atom is -0.370 e. The van der Waals surface area contributed by atoms with Gasteiger partial charge in [-0.25, -0.2) is 4.39 Å². The van der Waals surface area contributed by atoms with Gasteiger partial charge in [-0.2, -0.15) is 11.8 Å². The largest absolute Gasteiger partial charge is 0.370 e. The van der Waals surface area contributed by atoms with E-state index in [1.165, 1.54) is 18.2 Å². The van der Waals surface area contributed by atoms with Gasteiger partial charge >= 0.3 is 0 Å². The zero-order valence-corrected chi connectivity index (χ0v) is 10.3. The van der Waals surface area contributed by atoms with Crippen LogP contribution < -0.4 is 10.6 Å². The first-order valence-electron chi connectivity index (χ1n) is 5.52. The maximum atomic E-state index is 13.6. The molecular weight excluding hydrogens is 223 g/mol. The van der Waals surface area contributed by atoms with Crippen LogP contribution >= 0.6 is 11.8 Å². The Morgan fingerprint density at radius 2 is 2.38 bits per heavy atom. The Labute approximate surface area is 100 Å². The Hall–Kier alpha value is -0.740. The van der Waals surface area contributed by atoms with Gasteiger partial charge in [0.1, 0.15) is 5.82 Å². The Bertz CT molecular complexity index is 364. The van der Waals surface area contributed by atoms with E-state index in [-0.39, 0.29) is 12.4 Å². The topological polar surface area (TPSA) is 29.3 Å². The molecule has 2 rings (SSSR count). The monoisotopic (exact) mass is 240 g/mol. The van der Waals surface area contributed by atoms with E-state index < -0.39 is 0 Å². The number of nitrogens with zero attached hydrogens (tertiary/aromatic N) is 1. The number of hydrogen-bond acceptors (Lipinski definition) is 3. The molecule has 16 heavy (non-hydrogen) atoms. The van der Waals surface area contributed by atoms with Crippen molar-refractivity contribution in [2.24, 2.45) is 5.73 Å². The highest BCUT2D eigenvalue weighted by molar-refractivity contribution is 7.99. The summed E-state index contributed by atoms with van der Waals surface area (Å²) in [5.74, 6) is 2.12. The van der Waals surface area contributed by atoms with Crippen LogP contribution in [0.3, 0.4) is 0 Å². The summed E-state index contributed by atoms with van der Waals surface area (Å²) in [5, 5.41) is 0. The Kier molecular flexibility index (Phi) is 3.71. The van der Waals surface area contributed by atoms with E-state index >= 15 is 0 Å². The summed E-state index contributed by atoms with van der Waals surface area (Å²) in [6, 6.07) is 5.69. The molecule has 1 aliphatic heterocycles. The van der Waals surface area contributed by atoms with Crippen LogP contribution in [-0.2, 0) is 6.54 Å². The van der Waals surface area contributed by atoms with Gasteiger partial charge in [0.15, 0.2) is 0 Å². The molecule has 0 spiro atoms. The molecule has 0 radical (unpaired) electrons. The molecule has 1 unspecified atom stereocenters. The van der Waals surface area contributed by atoms with Gasteiger partial charge in [-0.1, -0.05) is 6.07 Å². The zero-order chi connectivity index (χ0) is 11.5. The van der Waals surface area contributed by atoms with Crippen molar-refractivity contribution in [2.75, 3.05) is 23.5 Å². The number of rotatable bonds is 3. The van der Waals surface area contributed by atoms with Gasteiger partial charge in [-0.3, -0.25) is 0 Å². The standard InChI is InChI=1S/C12H17FN2S/c1-15(9-5-6-16-8-9)12-4-2-3-11(13)10(12)7-14/h2-4,9H,5-8,14H2,1H3. The molecule has 0 bridgehead atoms. The lowest BCUT2D eigenvalue weighted by molar-refractivity contribution is 0.606. The van der Waals surface area contributed by atoms with Gasteiger partial charge in [-0.05, 0) is 24.3 Å². The van der Waals surface area contributed by atoms with Gasteiger partial charge in [0, 0.05) is 36.6 Å². The van der Waals surface area contributed by atoms with Crippen LogP contribution in [0.4, 0.5) is 10.1 Å². The van der Waals surface area contributed by atoms with Crippen LogP contribution in [0, 0.1) is 5.82 Å². The van der Waals surface area contributed by atoms with Gasteiger partial charge < -0.3 is 10.6 Å². The number of halogens is 1. The lowest BCUT2D eigenvalue weighted by Gasteiger charge is -2.28. The number of benzene rings is 1. The van der Waals surface area contributed by atoms with Crippen LogP contribution in [0.25, 0.3) is 0 Å². The quantitative estimate of drug-likeness (QED) is 0.878. The van der Waals surface area contributed by atoms with Gasteiger partial charge in [-0.15, -0.1) is 0 Å². The maximum Gasteiger partial charge on any atom is 0.129 e. The molecule has 0 aromatic heterocycles. The molecule has 1 saturated heterocycles. The van der Waals surface area contributed by atoms with Crippen molar-refractivity contribution in [3.8, 4) is 0 Å². The molecule has 2 N–H and O–H groups in total. The summed E-state index contributed by atoms with van der Waals surface area (Å²) in [5.41, 5.74) is 7.18. The molecule has 1 aliphatic rings. The SMILES string of the molecule is CN(c1cccc(F)c1CN)C1CCSC1. The second-order valence-corrected chi connectivity index (χ2v) is 5.22. The van der Waals surface area contributed by atoms with Crippen LogP contribution in [0.15, 0.2) is 18.2 Å². The number of nitrogens with two attached hydrogens (primary N) is 1. The first kappa shape index (κ1) is 11.7. The van der Waals surface area contributed by atoms with E-state index in [4.69, 9.17) is 5.73 Å².